The highest BCUT2D eigenvalue weighted by atomic mass is 16.7. The lowest BCUT2D eigenvalue weighted by Gasteiger charge is -2.47. The van der Waals surface area contributed by atoms with Crippen LogP contribution in [-0.2, 0) is 42.9 Å². The molecule has 0 radical (unpaired) electrons. The van der Waals surface area contributed by atoms with Crippen molar-refractivity contribution in [2.45, 2.75) is 200 Å². The van der Waals surface area contributed by atoms with E-state index in [1.165, 1.54) is 4.90 Å². The van der Waals surface area contributed by atoms with Gasteiger partial charge in [-0.05, 0) is 76.0 Å². The molecule has 1 amide bonds. The van der Waals surface area contributed by atoms with E-state index < -0.39 is 71.8 Å². The van der Waals surface area contributed by atoms with Gasteiger partial charge in [-0.25, -0.2) is 4.79 Å². The molecule has 3 rings (SSSR count). The van der Waals surface area contributed by atoms with Crippen LogP contribution in [-0.4, -0.2) is 126 Å². The Labute approximate surface area is 343 Å². The molecule has 3 N–H and O–H groups in total. The van der Waals surface area contributed by atoms with Gasteiger partial charge >= 0.3 is 5.97 Å². The molecule has 0 bridgehead atoms. The third kappa shape index (κ3) is 14.3. The van der Waals surface area contributed by atoms with E-state index in [4.69, 9.17) is 23.7 Å². The summed E-state index contributed by atoms with van der Waals surface area (Å²) in [5.41, 5.74) is 0. The minimum atomic E-state index is -2.43. The fourth-order valence-electron chi connectivity index (χ4n) is 8.73. The third-order valence-electron chi connectivity index (χ3n) is 12.7. The minimum absolute atomic E-state index is 0.0257. The van der Waals surface area contributed by atoms with Crippen LogP contribution in [0.3, 0.4) is 0 Å². The van der Waals surface area contributed by atoms with Crippen LogP contribution < -0.4 is 0 Å². The number of hydrogen-bond acceptors (Lipinski definition) is 12. The number of ketones is 2. The molecule has 57 heavy (non-hydrogen) atoms. The number of rotatable bonds is 20. The molecule has 0 aromatic carbocycles. The van der Waals surface area contributed by atoms with Crippen molar-refractivity contribution in [3.8, 4) is 0 Å². The number of piperidine rings is 1. The molecule has 0 aromatic rings. The number of carbonyl (C=O) groups is 4. The zero-order valence-corrected chi connectivity index (χ0v) is 37.1. The number of aliphatic hydroxyl groups is 3. The number of ether oxygens (including phenoxy) is 5. The van der Waals surface area contributed by atoms with Crippen LogP contribution >= 0.6 is 0 Å². The lowest BCUT2D eigenvalue weighted by Crippen LogP contribution is -2.64. The Hall–Kier alpha value is -2.00. The van der Waals surface area contributed by atoms with E-state index in [1.807, 2.05) is 20.8 Å². The number of methoxy groups -OCH3 is 3. The number of aliphatic hydroxyl groups excluding tert-OH is 2. The first-order valence-electron chi connectivity index (χ1n) is 21.9. The van der Waals surface area contributed by atoms with Gasteiger partial charge in [-0.15, -0.1) is 0 Å². The summed E-state index contributed by atoms with van der Waals surface area (Å²) in [6, 6.07) is -1.03. The molecule has 2 heterocycles. The predicted octanol–water partition coefficient (Wildman–Crippen LogP) is 5.80. The van der Waals surface area contributed by atoms with Crippen LogP contribution in [0, 0.1) is 29.6 Å². The van der Waals surface area contributed by atoms with Gasteiger partial charge in [0, 0.05) is 52.0 Å². The van der Waals surface area contributed by atoms with Gasteiger partial charge in [0.1, 0.15) is 24.0 Å². The quantitative estimate of drug-likeness (QED) is 0.0996. The van der Waals surface area contributed by atoms with Gasteiger partial charge in [0.25, 0.3) is 11.7 Å². The summed E-state index contributed by atoms with van der Waals surface area (Å²) in [5, 5.41) is 32.0. The standard InChI is InChI=1S/C36H63NO10.C8H16O2/c1-10-15-22(4)19-30(44-8)32-31(45-9)20-24(6)36(43,47-32)33(40)34(41)37-18-14-13-17-26(37)35(42)46-29(12-3)25(7)28(39)21-27(38)23(5)16-11-2;1-6-3-4-7(9)8(5-6)10-2/h22-26,28-32,39,43H,10-21H2,1-9H3;6-9H,3-5H2,1-2H3/t22?,23?,24-,25?,26?,28?,29?,30?,31+,32-,36-;6-,7-,8-/m11/s1. The molecule has 2 aliphatic heterocycles. The lowest BCUT2D eigenvalue weighted by atomic mass is 9.82. The van der Waals surface area contributed by atoms with E-state index in [9.17, 15) is 34.5 Å². The Morgan fingerprint density at radius 3 is 2.11 bits per heavy atom. The first kappa shape index (κ1) is 51.1. The SMILES string of the molecule is CCCC(C)CC(OC)[C@H]1O[C@@](O)(C(=O)C(=O)N2CCCCC2C(=O)OC(CC)C(C)C(O)CC(=O)C(C)CCC)[C@H](C)C[C@@H]1OC.CO[C@@H]1C[C@H](C)CC[C@H]1O. The lowest BCUT2D eigenvalue weighted by molar-refractivity contribution is -0.302. The third-order valence-corrected chi connectivity index (χ3v) is 12.7. The van der Waals surface area contributed by atoms with Crippen molar-refractivity contribution in [3.05, 3.63) is 0 Å². The normalized spacial score (nSPS) is 31.1. The molecule has 3 fully saturated rings. The summed E-state index contributed by atoms with van der Waals surface area (Å²) in [4.78, 5) is 55.1. The Kier molecular flexibility index (Phi) is 22.4. The highest BCUT2D eigenvalue weighted by molar-refractivity contribution is 6.39. The monoisotopic (exact) mass is 814 g/mol. The zero-order chi connectivity index (χ0) is 43.0. The highest BCUT2D eigenvalue weighted by Crippen LogP contribution is 2.38. The molecule has 0 spiro atoms. The minimum Gasteiger partial charge on any atom is -0.460 e. The maximum atomic E-state index is 13.9. The summed E-state index contributed by atoms with van der Waals surface area (Å²) in [7, 11) is 4.78. The van der Waals surface area contributed by atoms with Crippen LogP contribution in [0.4, 0.5) is 0 Å². The Morgan fingerprint density at radius 2 is 1.54 bits per heavy atom. The molecule has 13 nitrogen and oxygen atoms in total. The van der Waals surface area contributed by atoms with Crippen molar-refractivity contribution in [1.29, 1.82) is 0 Å². The fourth-order valence-corrected chi connectivity index (χ4v) is 8.73. The number of esters is 1. The number of nitrogens with zero attached hydrogens (tertiary/aromatic N) is 1. The van der Waals surface area contributed by atoms with Gasteiger partial charge in [0.05, 0.1) is 30.5 Å². The van der Waals surface area contributed by atoms with E-state index in [0.717, 1.165) is 44.9 Å². The largest absolute Gasteiger partial charge is 0.460 e. The first-order valence-corrected chi connectivity index (χ1v) is 21.9. The number of carbonyl (C=O) groups excluding carboxylic acids is 4. The summed E-state index contributed by atoms with van der Waals surface area (Å²) in [6.45, 7) is 15.6. The molecule has 7 unspecified atom stereocenters. The average Bonchev–Trinajstić information content (AvgIpc) is 3.20. The van der Waals surface area contributed by atoms with Crippen molar-refractivity contribution < 1.29 is 58.2 Å². The molecule has 13 heteroatoms. The summed E-state index contributed by atoms with van der Waals surface area (Å²) < 4.78 is 28.6. The van der Waals surface area contributed by atoms with Crippen LogP contribution in [0.1, 0.15) is 145 Å². The molecule has 1 saturated carbocycles. The molecular weight excluding hydrogens is 734 g/mol. The number of likely N-dealkylation sites (tertiary alicyclic amines) is 1. The van der Waals surface area contributed by atoms with Gasteiger partial charge in [0.15, 0.2) is 0 Å². The van der Waals surface area contributed by atoms with Crippen LogP contribution in [0.2, 0.25) is 0 Å². The van der Waals surface area contributed by atoms with Crippen LogP contribution in [0.5, 0.6) is 0 Å². The molecule has 332 valence electrons. The highest BCUT2D eigenvalue weighted by Gasteiger charge is 2.56. The molecular formula is C44H79NO12. The molecule has 3 aliphatic rings. The molecule has 2 saturated heterocycles. The van der Waals surface area contributed by atoms with Gasteiger partial charge in [-0.1, -0.05) is 74.7 Å². The Bertz CT molecular complexity index is 1230. The van der Waals surface area contributed by atoms with Crippen LogP contribution in [0.25, 0.3) is 0 Å². The van der Waals surface area contributed by atoms with E-state index >= 15 is 0 Å². The van der Waals surface area contributed by atoms with Gasteiger partial charge in [0.2, 0.25) is 5.79 Å². The van der Waals surface area contributed by atoms with Gasteiger partial charge in [-0.2, -0.15) is 0 Å². The zero-order valence-electron chi connectivity index (χ0n) is 37.1. The second-order valence-corrected chi connectivity index (χ2v) is 17.4. The van der Waals surface area contributed by atoms with E-state index in [0.29, 0.717) is 43.9 Å². The second kappa shape index (κ2) is 24.9. The van der Waals surface area contributed by atoms with Crippen molar-refractivity contribution in [2.24, 2.45) is 29.6 Å². The molecule has 14 atom stereocenters. The smallest absolute Gasteiger partial charge is 0.329 e. The summed E-state index contributed by atoms with van der Waals surface area (Å²) >= 11 is 0. The van der Waals surface area contributed by atoms with Gasteiger partial charge < -0.3 is 43.9 Å². The van der Waals surface area contributed by atoms with Crippen molar-refractivity contribution in [1.82, 2.24) is 4.90 Å². The summed E-state index contributed by atoms with van der Waals surface area (Å²) in [5.74, 6) is -5.69. The van der Waals surface area contributed by atoms with Gasteiger partial charge in [-0.3, -0.25) is 14.4 Å². The van der Waals surface area contributed by atoms with Crippen molar-refractivity contribution >= 4 is 23.4 Å². The first-order chi connectivity index (χ1) is 26.9. The van der Waals surface area contributed by atoms with E-state index in [-0.39, 0.29) is 43.3 Å². The second-order valence-electron chi connectivity index (χ2n) is 17.4. The van der Waals surface area contributed by atoms with Crippen LogP contribution in [0.15, 0.2) is 0 Å². The number of amides is 1. The maximum Gasteiger partial charge on any atom is 0.329 e. The maximum absolute atomic E-state index is 13.9. The summed E-state index contributed by atoms with van der Waals surface area (Å²) in [6.07, 6.45) is 5.88. The van der Waals surface area contributed by atoms with E-state index in [2.05, 4.69) is 20.8 Å². The number of hydrogen-bond donors (Lipinski definition) is 3. The topological polar surface area (TPSA) is 178 Å². The average molecular weight is 814 g/mol. The van der Waals surface area contributed by atoms with Crippen molar-refractivity contribution in [3.63, 3.8) is 0 Å². The fraction of sp³-hybridized carbons (Fsp3) is 0.909. The Balaban J connectivity index is 0.000000969. The molecule has 0 aromatic heterocycles. The molecule has 1 aliphatic carbocycles. The number of Topliss-reactive ketones (excluding diaryl/α,β-unsaturated/α-hetero) is 2. The van der Waals surface area contributed by atoms with E-state index in [1.54, 1.807) is 35.2 Å². The predicted molar refractivity (Wildman–Crippen MR) is 217 cm³/mol. The Morgan fingerprint density at radius 1 is 0.895 bits per heavy atom. The van der Waals surface area contributed by atoms with Crippen molar-refractivity contribution in [2.75, 3.05) is 27.9 Å².